The van der Waals surface area contributed by atoms with Gasteiger partial charge in [-0.15, -0.1) is 11.3 Å². The van der Waals surface area contributed by atoms with Gasteiger partial charge in [0.2, 0.25) is 0 Å². The van der Waals surface area contributed by atoms with E-state index in [4.69, 9.17) is 4.74 Å². The molecule has 0 fully saturated rings. The van der Waals surface area contributed by atoms with E-state index in [0.29, 0.717) is 6.61 Å². The van der Waals surface area contributed by atoms with Crippen LogP contribution in [0.15, 0.2) is 41.8 Å². The molecule has 1 heterocycles. The molecule has 20 heavy (non-hydrogen) atoms. The fraction of sp³-hybridized carbons (Fsp3) is 0.412. The van der Waals surface area contributed by atoms with Crippen molar-refractivity contribution in [3.05, 3.63) is 52.2 Å². The molecule has 2 nitrogen and oxygen atoms in total. The van der Waals surface area contributed by atoms with E-state index in [2.05, 4.69) is 48.8 Å². The second kappa shape index (κ2) is 6.91. The summed E-state index contributed by atoms with van der Waals surface area (Å²) < 4.78 is 5.53. The molecule has 0 aliphatic carbocycles. The van der Waals surface area contributed by atoms with E-state index in [1.807, 2.05) is 30.4 Å². The number of hydrogen-bond donors (Lipinski definition) is 1. The lowest BCUT2D eigenvalue weighted by molar-refractivity contribution is 0.339. The molecule has 1 aromatic heterocycles. The fourth-order valence-corrected chi connectivity index (χ4v) is 3.03. The van der Waals surface area contributed by atoms with Crippen LogP contribution < -0.4 is 10.1 Å². The molecule has 3 heteroatoms. The highest BCUT2D eigenvalue weighted by molar-refractivity contribution is 7.10. The van der Waals surface area contributed by atoms with Gasteiger partial charge in [0.25, 0.3) is 0 Å². The zero-order valence-electron chi connectivity index (χ0n) is 12.5. The van der Waals surface area contributed by atoms with Crippen LogP contribution in [0.25, 0.3) is 0 Å². The average molecular weight is 289 g/mol. The van der Waals surface area contributed by atoms with Crippen LogP contribution in [0.3, 0.4) is 0 Å². The Labute approximate surface area is 125 Å². The molecule has 0 unspecified atom stereocenters. The fourth-order valence-electron chi connectivity index (χ4n) is 2.18. The van der Waals surface area contributed by atoms with Gasteiger partial charge in [-0.25, -0.2) is 0 Å². The minimum atomic E-state index is 0.172. The Balaban J connectivity index is 1.88. The first-order valence-corrected chi connectivity index (χ1v) is 7.96. The van der Waals surface area contributed by atoms with Gasteiger partial charge in [-0.05, 0) is 36.1 Å². The molecular formula is C17H23NOS. The summed E-state index contributed by atoms with van der Waals surface area (Å²) in [6.45, 7) is 9.11. The van der Waals surface area contributed by atoms with Gasteiger partial charge < -0.3 is 10.1 Å². The minimum absolute atomic E-state index is 0.172. The van der Waals surface area contributed by atoms with Crippen molar-refractivity contribution in [2.75, 3.05) is 13.2 Å². The van der Waals surface area contributed by atoms with Crippen molar-refractivity contribution in [2.45, 2.75) is 32.7 Å². The Hall–Kier alpha value is -1.32. The summed E-state index contributed by atoms with van der Waals surface area (Å²) >= 11 is 1.83. The van der Waals surface area contributed by atoms with E-state index < -0.39 is 0 Å². The molecule has 0 saturated heterocycles. The molecule has 2 rings (SSSR count). The van der Waals surface area contributed by atoms with E-state index in [0.717, 1.165) is 18.8 Å². The topological polar surface area (TPSA) is 21.3 Å². The first kappa shape index (κ1) is 15.1. The van der Waals surface area contributed by atoms with Gasteiger partial charge >= 0.3 is 0 Å². The van der Waals surface area contributed by atoms with Crippen LogP contribution in [-0.2, 0) is 12.0 Å². The first-order chi connectivity index (χ1) is 9.62. The zero-order valence-corrected chi connectivity index (χ0v) is 13.3. The van der Waals surface area contributed by atoms with Gasteiger partial charge in [-0.1, -0.05) is 32.0 Å². The molecule has 108 valence electrons. The quantitative estimate of drug-likeness (QED) is 0.824. The molecule has 0 spiro atoms. The third-order valence-corrected chi connectivity index (χ3v) is 4.53. The van der Waals surface area contributed by atoms with Gasteiger partial charge in [-0.3, -0.25) is 0 Å². The molecule has 1 N–H and O–H groups in total. The van der Waals surface area contributed by atoms with E-state index in [9.17, 15) is 0 Å². The van der Waals surface area contributed by atoms with Crippen molar-refractivity contribution in [3.63, 3.8) is 0 Å². The van der Waals surface area contributed by atoms with Crippen molar-refractivity contribution in [1.82, 2.24) is 5.32 Å². The van der Waals surface area contributed by atoms with Gasteiger partial charge in [0.1, 0.15) is 5.75 Å². The molecule has 0 saturated carbocycles. The summed E-state index contributed by atoms with van der Waals surface area (Å²) in [5.41, 5.74) is 1.43. The Morgan fingerprint density at radius 1 is 1.20 bits per heavy atom. The highest BCUT2D eigenvalue weighted by Crippen LogP contribution is 2.26. The number of rotatable bonds is 7. The summed E-state index contributed by atoms with van der Waals surface area (Å²) in [5.74, 6) is 0.948. The minimum Gasteiger partial charge on any atom is -0.494 e. The molecular weight excluding hydrogens is 266 g/mol. The highest BCUT2D eigenvalue weighted by atomic mass is 32.1. The average Bonchev–Trinajstić information content (AvgIpc) is 2.94. The summed E-state index contributed by atoms with van der Waals surface area (Å²) in [7, 11) is 0. The lowest BCUT2D eigenvalue weighted by Gasteiger charge is -2.23. The van der Waals surface area contributed by atoms with E-state index in [-0.39, 0.29) is 5.41 Å². The third kappa shape index (κ3) is 4.09. The highest BCUT2D eigenvalue weighted by Gasteiger charge is 2.20. The lowest BCUT2D eigenvalue weighted by atomic mass is 9.91. The second-order valence-electron chi connectivity index (χ2n) is 5.55. The summed E-state index contributed by atoms with van der Waals surface area (Å²) in [5, 5.41) is 5.69. The largest absolute Gasteiger partial charge is 0.494 e. The predicted octanol–water partition coefficient (Wildman–Crippen LogP) is 4.21. The monoisotopic (exact) mass is 289 g/mol. The second-order valence-corrected chi connectivity index (χ2v) is 6.49. The van der Waals surface area contributed by atoms with Gasteiger partial charge in [-0.2, -0.15) is 0 Å². The molecule has 0 amide bonds. The van der Waals surface area contributed by atoms with Gasteiger partial charge in [0, 0.05) is 23.4 Å². The van der Waals surface area contributed by atoms with Crippen LogP contribution >= 0.6 is 11.3 Å². The predicted molar refractivity (Wildman–Crippen MR) is 86.7 cm³/mol. The normalized spacial score (nSPS) is 11.6. The third-order valence-electron chi connectivity index (χ3n) is 3.29. The van der Waals surface area contributed by atoms with Crippen molar-refractivity contribution < 1.29 is 4.74 Å². The molecule has 0 aliphatic heterocycles. The van der Waals surface area contributed by atoms with Crippen molar-refractivity contribution in [3.8, 4) is 5.75 Å². The van der Waals surface area contributed by atoms with Crippen LogP contribution in [0, 0.1) is 0 Å². The molecule has 0 radical (unpaired) electrons. The summed E-state index contributed by atoms with van der Waals surface area (Å²) in [4.78, 5) is 1.42. The zero-order chi connectivity index (χ0) is 14.4. The van der Waals surface area contributed by atoms with Crippen molar-refractivity contribution in [1.29, 1.82) is 0 Å². The smallest absolute Gasteiger partial charge is 0.119 e. The maximum atomic E-state index is 5.53. The molecule has 0 atom stereocenters. The Morgan fingerprint density at radius 3 is 2.75 bits per heavy atom. The van der Waals surface area contributed by atoms with Gasteiger partial charge in [0.15, 0.2) is 0 Å². The summed E-state index contributed by atoms with van der Waals surface area (Å²) in [6, 6.07) is 12.6. The van der Waals surface area contributed by atoms with Crippen LogP contribution in [0.1, 0.15) is 31.2 Å². The Bertz CT molecular complexity index is 520. The van der Waals surface area contributed by atoms with E-state index in [1.54, 1.807) is 0 Å². The molecule has 2 aromatic rings. The first-order valence-electron chi connectivity index (χ1n) is 7.08. The Kier molecular flexibility index (Phi) is 5.21. The van der Waals surface area contributed by atoms with Crippen molar-refractivity contribution >= 4 is 11.3 Å². The van der Waals surface area contributed by atoms with Crippen LogP contribution in [0.5, 0.6) is 5.75 Å². The van der Waals surface area contributed by atoms with Crippen LogP contribution in [0.4, 0.5) is 0 Å². The molecule has 0 bridgehead atoms. The SMILES string of the molecule is CCOc1cccc(CNCC(C)(C)c2cccs2)c1. The van der Waals surface area contributed by atoms with E-state index in [1.165, 1.54) is 10.4 Å². The Morgan fingerprint density at radius 2 is 2.05 bits per heavy atom. The maximum Gasteiger partial charge on any atom is 0.119 e. The number of nitrogens with one attached hydrogen (secondary N) is 1. The number of thiophene rings is 1. The maximum absolute atomic E-state index is 5.53. The van der Waals surface area contributed by atoms with Crippen molar-refractivity contribution in [2.24, 2.45) is 0 Å². The number of hydrogen-bond acceptors (Lipinski definition) is 3. The molecule has 1 aromatic carbocycles. The lowest BCUT2D eigenvalue weighted by Crippen LogP contribution is -2.31. The molecule has 0 aliphatic rings. The van der Waals surface area contributed by atoms with Crippen LogP contribution in [0.2, 0.25) is 0 Å². The van der Waals surface area contributed by atoms with Gasteiger partial charge in [0.05, 0.1) is 6.61 Å². The number of benzene rings is 1. The number of ether oxygens (including phenoxy) is 1. The standard InChI is InChI=1S/C17H23NOS/c1-4-19-15-8-5-7-14(11-15)12-18-13-17(2,3)16-9-6-10-20-16/h5-11,18H,4,12-13H2,1-3H3. The van der Waals surface area contributed by atoms with E-state index >= 15 is 0 Å². The van der Waals surface area contributed by atoms with Crippen LogP contribution in [-0.4, -0.2) is 13.2 Å². The summed E-state index contributed by atoms with van der Waals surface area (Å²) in [6.07, 6.45) is 0.